The zero-order chi connectivity index (χ0) is 26.8. The summed E-state index contributed by atoms with van der Waals surface area (Å²) in [7, 11) is 0. The van der Waals surface area contributed by atoms with Crippen molar-refractivity contribution in [2.75, 3.05) is 0 Å². The van der Waals surface area contributed by atoms with Gasteiger partial charge in [0.2, 0.25) is 0 Å². The van der Waals surface area contributed by atoms with E-state index in [1.807, 2.05) is 25.3 Å². The van der Waals surface area contributed by atoms with Crippen molar-refractivity contribution in [3.05, 3.63) is 93.4 Å². The summed E-state index contributed by atoms with van der Waals surface area (Å²) < 4.78 is 0. The Morgan fingerprint density at radius 2 is 1.83 bits per heavy atom. The number of Topliss-reactive ketones (excluding diaryl/α,β-unsaturated/α-hetero) is 1. The number of allylic oxidation sites excluding steroid dienone is 9. The summed E-state index contributed by atoms with van der Waals surface area (Å²) in [6, 6.07) is 5.32. The first-order valence-electron chi connectivity index (χ1n) is 12.9. The minimum absolute atomic E-state index is 0.0928. The Hall–Kier alpha value is -3.40. The van der Waals surface area contributed by atoms with Crippen molar-refractivity contribution in [2.24, 2.45) is 4.99 Å². The van der Waals surface area contributed by atoms with E-state index in [1.54, 1.807) is 19.1 Å². The van der Waals surface area contributed by atoms with Crippen molar-refractivity contribution in [1.29, 1.82) is 0 Å². The number of carbonyl (C=O) groups is 1. The number of aryl methyl sites for hydroxylation is 1. The van der Waals surface area contributed by atoms with Gasteiger partial charge in [0.1, 0.15) is 11.6 Å². The van der Waals surface area contributed by atoms with Gasteiger partial charge in [-0.2, -0.15) is 0 Å². The first-order chi connectivity index (χ1) is 17.2. The van der Waals surface area contributed by atoms with E-state index in [0.29, 0.717) is 17.6 Å². The summed E-state index contributed by atoms with van der Waals surface area (Å²) in [5, 5.41) is 14.1. The van der Waals surface area contributed by atoms with Crippen LogP contribution in [-0.4, -0.2) is 16.7 Å². The van der Waals surface area contributed by atoms with Crippen molar-refractivity contribution in [3.8, 4) is 5.75 Å². The number of aromatic hydroxyl groups is 1. The van der Waals surface area contributed by atoms with Gasteiger partial charge in [-0.1, -0.05) is 61.8 Å². The van der Waals surface area contributed by atoms with E-state index in [1.165, 1.54) is 16.7 Å². The molecule has 36 heavy (non-hydrogen) atoms. The van der Waals surface area contributed by atoms with E-state index < -0.39 is 0 Å². The van der Waals surface area contributed by atoms with Gasteiger partial charge in [-0.15, -0.1) is 0 Å². The molecule has 0 saturated heterocycles. The molecule has 1 aromatic rings. The molecule has 192 valence electrons. The van der Waals surface area contributed by atoms with Gasteiger partial charge in [-0.3, -0.25) is 4.79 Å². The normalized spacial score (nSPS) is 16.0. The Balaban J connectivity index is 2.58. The topological polar surface area (TPSA) is 61.7 Å². The van der Waals surface area contributed by atoms with Gasteiger partial charge >= 0.3 is 0 Å². The van der Waals surface area contributed by atoms with Gasteiger partial charge < -0.3 is 10.4 Å². The maximum absolute atomic E-state index is 12.7. The Morgan fingerprint density at radius 3 is 2.39 bits per heavy atom. The molecule has 0 aliphatic carbocycles. The van der Waals surface area contributed by atoms with Crippen LogP contribution in [0.5, 0.6) is 5.75 Å². The number of phenols is 1. The number of hydrogen-bond acceptors (Lipinski definition) is 4. The number of ketones is 1. The molecular weight excluding hydrogens is 444 g/mol. The summed E-state index contributed by atoms with van der Waals surface area (Å²) in [6.45, 7) is 16.2. The number of aliphatic imine (C=N–C) groups is 1. The highest BCUT2D eigenvalue weighted by Gasteiger charge is 2.18. The molecule has 2 N–H and O–H groups in total. The standard InChI is InChI=1S/C32H42N2O2/c1-9-21(5)29(17-16-25(10-2)11-3)34-31-18-23(7)27(12-4)26(20-33-31)19-28(24(8)35)32-22(6)14-13-15-30(32)36/h10,13-17,19-20,36H,9,11-12,18H2,1-8H3,(H,33,34)/b17-16-,25-10-,28-19+,29-21+. The molecule has 0 aromatic heterocycles. The molecule has 2 rings (SSSR count). The lowest BCUT2D eigenvalue weighted by atomic mass is 9.91. The molecule has 0 bridgehead atoms. The zero-order valence-electron chi connectivity index (χ0n) is 23.2. The fourth-order valence-corrected chi connectivity index (χ4v) is 4.34. The lowest BCUT2D eigenvalue weighted by Gasteiger charge is -2.15. The predicted molar refractivity (Wildman–Crippen MR) is 154 cm³/mol. The average molecular weight is 487 g/mol. The van der Waals surface area contributed by atoms with Gasteiger partial charge in [-0.05, 0) is 88.8 Å². The Bertz CT molecular complexity index is 1180. The van der Waals surface area contributed by atoms with E-state index in [-0.39, 0.29) is 11.5 Å². The van der Waals surface area contributed by atoms with Crippen LogP contribution >= 0.6 is 0 Å². The van der Waals surface area contributed by atoms with Crippen molar-refractivity contribution in [2.45, 2.75) is 81.1 Å². The van der Waals surface area contributed by atoms with E-state index in [4.69, 9.17) is 4.99 Å². The average Bonchev–Trinajstić information content (AvgIpc) is 2.99. The molecule has 0 amide bonds. The summed E-state index contributed by atoms with van der Waals surface area (Å²) in [5.41, 5.74) is 8.82. The van der Waals surface area contributed by atoms with E-state index in [9.17, 15) is 9.90 Å². The second-order valence-electron chi connectivity index (χ2n) is 9.26. The highest BCUT2D eigenvalue weighted by Crippen LogP contribution is 2.33. The second kappa shape index (κ2) is 13.6. The molecule has 1 aliphatic rings. The van der Waals surface area contributed by atoms with Crippen LogP contribution in [0.25, 0.3) is 5.57 Å². The number of nitrogens with zero attached hydrogens (tertiary/aromatic N) is 1. The van der Waals surface area contributed by atoms with Gasteiger partial charge in [0.05, 0.1) is 0 Å². The highest BCUT2D eigenvalue weighted by molar-refractivity contribution is 6.21. The number of carbonyl (C=O) groups excluding carboxylic acids is 1. The molecule has 1 heterocycles. The van der Waals surface area contributed by atoms with Crippen LogP contribution in [0.1, 0.15) is 85.3 Å². The highest BCUT2D eigenvalue weighted by atomic mass is 16.3. The first kappa shape index (κ1) is 28.8. The molecule has 1 aromatic carbocycles. The van der Waals surface area contributed by atoms with Crippen molar-refractivity contribution < 1.29 is 9.90 Å². The van der Waals surface area contributed by atoms with Crippen LogP contribution in [0.4, 0.5) is 0 Å². The Morgan fingerprint density at radius 1 is 1.11 bits per heavy atom. The summed E-state index contributed by atoms with van der Waals surface area (Å²) in [6.07, 6.45) is 13.6. The van der Waals surface area contributed by atoms with Crippen LogP contribution in [0.15, 0.2) is 87.3 Å². The van der Waals surface area contributed by atoms with Crippen molar-refractivity contribution >= 4 is 17.2 Å². The number of nitrogens with one attached hydrogen (secondary N) is 1. The summed E-state index contributed by atoms with van der Waals surface area (Å²) in [5.74, 6) is 0.889. The number of benzene rings is 1. The summed E-state index contributed by atoms with van der Waals surface area (Å²) in [4.78, 5) is 17.5. The molecule has 0 spiro atoms. The number of rotatable bonds is 9. The van der Waals surface area contributed by atoms with Gasteiger partial charge in [0, 0.05) is 29.5 Å². The SMILES string of the molecule is C\C=C(/C=C\C(NC1=NC=C(/C=C(\C(C)=O)c2c(C)cccc2O)C(CC)=C(C)C1)=C(\C)CC)CC. The van der Waals surface area contributed by atoms with Crippen LogP contribution in [0.2, 0.25) is 0 Å². The van der Waals surface area contributed by atoms with Crippen LogP contribution in [-0.2, 0) is 4.79 Å². The molecular formula is C32H42N2O2. The number of phenolic OH excluding ortho intramolecular Hbond substituents is 1. The van der Waals surface area contributed by atoms with Gasteiger partial charge in [0.25, 0.3) is 0 Å². The Labute approximate surface area is 217 Å². The molecule has 0 fully saturated rings. The lowest BCUT2D eigenvalue weighted by molar-refractivity contribution is -0.111. The first-order valence-corrected chi connectivity index (χ1v) is 12.9. The minimum atomic E-state index is -0.0928. The molecule has 0 radical (unpaired) electrons. The molecule has 0 saturated carbocycles. The maximum atomic E-state index is 12.7. The summed E-state index contributed by atoms with van der Waals surface area (Å²) >= 11 is 0. The zero-order valence-corrected chi connectivity index (χ0v) is 23.2. The molecule has 0 atom stereocenters. The largest absolute Gasteiger partial charge is 0.507 e. The van der Waals surface area contributed by atoms with Crippen LogP contribution < -0.4 is 5.32 Å². The van der Waals surface area contributed by atoms with E-state index in [0.717, 1.165) is 47.5 Å². The fraction of sp³-hybridized carbons (Fsp3) is 0.375. The van der Waals surface area contributed by atoms with Gasteiger partial charge in [-0.25, -0.2) is 4.99 Å². The van der Waals surface area contributed by atoms with Gasteiger partial charge in [0.15, 0.2) is 5.78 Å². The van der Waals surface area contributed by atoms with E-state index in [2.05, 4.69) is 65.1 Å². The fourth-order valence-electron chi connectivity index (χ4n) is 4.34. The second-order valence-corrected chi connectivity index (χ2v) is 9.26. The van der Waals surface area contributed by atoms with Crippen LogP contribution in [0.3, 0.4) is 0 Å². The van der Waals surface area contributed by atoms with Crippen LogP contribution in [0, 0.1) is 6.92 Å². The third-order valence-electron chi connectivity index (χ3n) is 6.72. The van der Waals surface area contributed by atoms with Crippen molar-refractivity contribution in [1.82, 2.24) is 5.32 Å². The third-order valence-corrected chi connectivity index (χ3v) is 6.72. The molecule has 1 aliphatic heterocycles. The Kier molecular flexibility index (Phi) is 10.9. The third kappa shape index (κ3) is 7.30. The minimum Gasteiger partial charge on any atom is -0.507 e. The quantitative estimate of drug-likeness (QED) is 0.273. The number of hydrogen-bond donors (Lipinski definition) is 2. The maximum Gasteiger partial charge on any atom is 0.160 e. The number of amidine groups is 1. The molecule has 4 nitrogen and oxygen atoms in total. The van der Waals surface area contributed by atoms with E-state index >= 15 is 0 Å². The van der Waals surface area contributed by atoms with Crippen molar-refractivity contribution in [3.63, 3.8) is 0 Å². The smallest absolute Gasteiger partial charge is 0.160 e. The monoisotopic (exact) mass is 486 g/mol. The molecule has 4 heteroatoms. The lowest BCUT2D eigenvalue weighted by Crippen LogP contribution is -2.23. The molecule has 0 unspecified atom stereocenters. The predicted octanol–water partition coefficient (Wildman–Crippen LogP) is 8.27.